The molecule has 0 aliphatic carbocycles. The van der Waals surface area contributed by atoms with Gasteiger partial charge in [0, 0.05) is 6.61 Å². The van der Waals surface area contributed by atoms with E-state index in [1.54, 1.807) is 24.3 Å². The fourth-order valence-corrected chi connectivity index (χ4v) is 11.5. The SMILES string of the molecule is CC(C)(C)[Si](OCCCCCCCCCCCCS(=O)(=O)c1ccccc1)(c1ccccc1)c1ccccc1. The van der Waals surface area contributed by atoms with E-state index in [-0.39, 0.29) is 10.8 Å². The smallest absolute Gasteiger partial charge is 0.261 e. The van der Waals surface area contributed by atoms with Gasteiger partial charge in [0.15, 0.2) is 9.84 Å². The van der Waals surface area contributed by atoms with Gasteiger partial charge in [-0.15, -0.1) is 0 Å². The van der Waals surface area contributed by atoms with Gasteiger partial charge in [0.2, 0.25) is 0 Å². The Balaban J connectivity index is 1.33. The minimum atomic E-state index is -3.13. The van der Waals surface area contributed by atoms with Gasteiger partial charge in [0.1, 0.15) is 0 Å². The van der Waals surface area contributed by atoms with Gasteiger partial charge in [0.05, 0.1) is 10.6 Å². The zero-order chi connectivity index (χ0) is 28.0. The molecule has 0 saturated carbocycles. The first kappa shape index (κ1) is 31.3. The summed E-state index contributed by atoms with van der Waals surface area (Å²) in [5.74, 6) is 0.257. The summed E-state index contributed by atoms with van der Waals surface area (Å²) in [5.41, 5.74) is 0. The Kier molecular flexibility index (Phi) is 12.5. The highest BCUT2D eigenvalue weighted by Crippen LogP contribution is 2.36. The monoisotopic (exact) mass is 564 g/mol. The highest BCUT2D eigenvalue weighted by atomic mass is 32.2. The van der Waals surface area contributed by atoms with Gasteiger partial charge in [0.25, 0.3) is 8.32 Å². The van der Waals surface area contributed by atoms with Crippen molar-refractivity contribution in [2.75, 3.05) is 12.4 Å². The van der Waals surface area contributed by atoms with Gasteiger partial charge in [-0.05, 0) is 40.4 Å². The molecular formula is C34H48O3SSi. The van der Waals surface area contributed by atoms with E-state index in [1.165, 1.54) is 48.9 Å². The molecule has 5 heteroatoms. The molecule has 3 rings (SSSR count). The minimum Gasteiger partial charge on any atom is -0.407 e. The van der Waals surface area contributed by atoms with Crippen LogP contribution in [0.4, 0.5) is 0 Å². The highest BCUT2D eigenvalue weighted by Gasteiger charge is 2.49. The number of hydrogen-bond acceptors (Lipinski definition) is 3. The summed E-state index contributed by atoms with van der Waals surface area (Å²) in [7, 11) is -5.55. The van der Waals surface area contributed by atoms with Gasteiger partial charge in [-0.25, -0.2) is 8.42 Å². The van der Waals surface area contributed by atoms with E-state index >= 15 is 0 Å². The molecule has 0 bridgehead atoms. The van der Waals surface area contributed by atoms with Crippen LogP contribution in [0.5, 0.6) is 0 Å². The van der Waals surface area contributed by atoms with Crippen molar-refractivity contribution in [2.45, 2.75) is 94.9 Å². The molecule has 0 N–H and O–H groups in total. The summed E-state index contributed by atoms with van der Waals surface area (Å²) in [6.07, 6.45) is 11.4. The van der Waals surface area contributed by atoms with Crippen LogP contribution in [0.15, 0.2) is 95.9 Å². The Morgan fingerprint density at radius 1 is 0.564 bits per heavy atom. The molecule has 0 unspecified atom stereocenters. The first-order valence-corrected chi connectivity index (χ1v) is 18.4. The largest absolute Gasteiger partial charge is 0.407 e. The van der Waals surface area contributed by atoms with Gasteiger partial charge >= 0.3 is 0 Å². The van der Waals surface area contributed by atoms with Crippen LogP contribution in [-0.2, 0) is 14.3 Å². The Bertz CT molecular complexity index is 1130. The molecule has 0 heterocycles. The maximum atomic E-state index is 12.4. The maximum absolute atomic E-state index is 12.4. The molecule has 0 aliphatic rings. The molecule has 0 atom stereocenters. The third-order valence-corrected chi connectivity index (χ3v) is 14.5. The van der Waals surface area contributed by atoms with Gasteiger partial charge in [-0.2, -0.15) is 0 Å². The minimum absolute atomic E-state index is 0.0292. The second kappa shape index (κ2) is 15.5. The molecule has 3 aromatic carbocycles. The molecular weight excluding hydrogens is 517 g/mol. The van der Waals surface area contributed by atoms with Gasteiger partial charge in [-0.1, -0.05) is 151 Å². The van der Waals surface area contributed by atoms with E-state index in [0.717, 1.165) is 32.3 Å². The second-order valence-corrected chi connectivity index (χ2v) is 18.1. The number of unbranched alkanes of at least 4 members (excludes halogenated alkanes) is 9. The topological polar surface area (TPSA) is 43.4 Å². The van der Waals surface area contributed by atoms with Crippen LogP contribution in [0.3, 0.4) is 0 Å². The third-order valence-electron chi connectivity index (χ3n) is 7.65. The van der Waals surface area contributed by atoms with Crippen molar-refractivity contribution in [1.82, 2.24) is 0 Å². The zero-order valence-corrected chi connectivity index (χ0v) is 26.1. The molecule has 0 aliphatic heterocycles. The van der Waals surface area contributed by atoms with Crippen LogP contribution >= 0.6 is 0 Å². The first-order valence-electron chi connectivity index (χ1n) is 14.8. The average molecular weight is 565 g/mol. The molecule has 0 aromatic heterocycles. The summed E-state index contributed by atoms with van der Waals surface area (Å²) in [4.78, 5) is 0.446. The lowest BCUT2D eigenvalue weighted by Crippen LogP contribution is -2.66. The van der Waals surface area contributed by atoms with Crippen LogP contribution in [0.2, 0.25) is 5.04 Å². The fraction of sp³-hybridized carbons (Fsp3) is 0.471. The summed E-state index contributed by atoms with van der Waals surface area (Å²) in [6.45, 7) is 7.81. The Hall–Kier alpha value is -2.21. The lowest BCUT2D eigenvalue weighted by molar-refractivity contribution is 0.286. The van der Waals surface area contributed by atoms with Crippen LogP contribution in [-0.4, -0.2) is 29.1 Å². The zero-order valence-electron chi connectivity index (χ0n) is 24.3. The van der Waals surface area contributed by atoms with Crippen LogP contribution in [0, 0.1) is 0 Å². The van der Waals surface area contributed by atoms with Crippen molar-refractivity contribution in [1.29, 1.82) is 0 Å². The van der Waals surface area contributed by atoms with Crippen molar-refractivity contribution in [3.63, 3.8) is 0 Å². The van der Waals surface area contributed by atoms with E-state index in [9.17, 15) is 8.42 Å². The van der Waals surface area contributed by atoms with Gasteiger partial charge in [-0.3, -0.25) is 0 Å². The quantitative estimate of drug-likeness (QED) is 0.123. The predicted octanol–water partition coefficient (Wildman–Crippen LogP) is 7.94. The number of sulfone groups is 1. The maximum Gasteiger partial charge on any atom is 0.261 e. The summed E-state index contributed by atoms with van der Waals surface area (Å²) >= 11 is 0. The number of benzene rings is 3. The lowest BCUT2D eigenvalue weighted by Gasteiger charge is -2.43. The van der Waals surface area contributed by atoms with Crippen LogP contribution < -0.4 is 10.4 Å². The van der Waals surface area contributed by atoms with Gasteiger partial charge < -0.3 is 4.43 Å². The van der Waals surface area contributed by atoms with Crippen LogP contribution in [0.25, 0.3) is 0 Å². The van der Waals surface area contributed by atoms with E-state index in [4.69, 9.17) is 4.43 Å². The van der Waals surface area contributed by atoms with Crippen molar-refractivity contribution in [3.8, 4) is 0 Å². The fourth-order valence-electron chi connectivity index (χ4n) is 5.54. The van der Waals surface area contributed by atoms with Crippen molar-refractivity contribution < 1.29 is 12.8 Å². The average Bonchev–Trinajstić information content (AvgIpc) is 2.94. The number of rotatable bonds is 17. The summed E-state index contributed by atoms with van der Waals surface area (Å²) in [5, 5.41) is 2.73. The molecule has 39 heavy (non-hydrogen) atoms. The molecule has 0 amide bonds. The second-order valence-electron chi connectivity index (χ2n) is 11.7. The Morgan fingerprint density at radius 3 is 1.38 bits per heavy atom. The molecule has 0 saturated heterocycles. The Labute approximate surface area is 239 Å². The first-order chi connectivity index (χ1) is 18.8. The standard InChI is InChI=1S/C34H48O3SSi/c1-34(2,3)39(32-25-17-13-18-26-32,33-27-19-14-20-28-33)37-29-21-10-8-6-4-5-7-9-11-22-30-38(35,36)31-23-15-12-16-24-31/h12-20,23-28H,4-11,21-22,29-30H2,1-3H3. The molecule has 0 radical (unpaired) electrons. The van der Waals surface area contributed by atoms with E-state index in [2.05, 4.69) is 81.4 Å². The molecule has 3 nitrogen and oxygen atoms in total. The van der Waals surface area contributed by atoms with Crippen molar-refractivity contribution >= 4 is 28.5 Å². The van der Waals surface area contributed by atoms with Crippen molar-refractivity contribution in [2.24, 2.45) is 0 Å². The number of hydrogen-bond donors (Lipinski definition) is 0. The third kappa shape index (κ3) is 9.16. The van der Waals surface area contributed by atoms with Crippen molar-refractivity contribution in [3.05, 3.63) is 91.0 Å². The van der Waals surface area contributed by atoms with Crippen LogP contribution in [0.1, 0.15) is 85.0 Å². The summed E-state index contributed by atoms with van der Waals surface area (Å²) < 4.78 is 31.7. The molecule has 0 fully saturated rings. The van der Waals surface area contributed by atoms with E-state index in [0.29, 0.717) is 4.90 Å². The predicted molar refractivity (Wildman–Crippen MR) is 168 cm³/mol. The lowest BCUT2D eigenvalue weighted by atomic mass is 10.1. The molecule has 212 valence electrons. The highest BCUT2D eigenvalue weighted by molar-refractivity contribution is 7.91. The Morgan fingerprint density at radius 2 is 0.949 bits per heavy atom. The van der Waals surface area contributed by atoms with E-state index < -0.39 is 18.2 Å². The molecule has 3 aromatic rings. The summed E-state index contributed by atoms with van der Waals surface area (Å²) in [6, 6.07) is 30.6. The van der Waals surface area contributed by atoms with E-state index in [1.807, 2.05) is 6.07 Å². The molecule has 0 spiro atoms. The normalized spacial score (nSPS) is 12.5.